The zero-order valence-electron chi connectivity index (χ0n) is 9.97. The Morgan fingerprint density at radius 1 is 1.29 bits per heavy atom. The van der Waals surface area contributed by atoms with Crippen molar-refractivity contribution in [3.63, 3.8) is 0 Å². The standard InChI is InChI=1S/C14H14N2S/c1-10(2)7-11-3-5-12(6-4-11)14-13(8-15)17-9-16-14/h3-6,9-10H,7H2,1-2H3. The van der Waals surface area contributed by atoms with Crippen LogP contribution in [0.5, 0.6) is 0 Å². The minimum atomic E-state index is 0.662. The van der Waals surface area contributed by atoms with E-state index in [4.69, 9.17) is 5.26 Å². The highest BCUT2D eigenvalue weighted by Crippen LogP contribution is 2.25. The fourth-order valence-electron chi connectivity index (χ4n) is 1.80. The summed E-state index contributed by atoms with van der Waals surface area (Å²) in [6.07, 6.45) is 1.09. The molecular formula is C14H14N2S. The van der Waals surface area contributed by atoms with Crippen LogP contribution in [-0.2, 0) is 6.42 Å². The number of thiazole rings is 1. The van der Waals surface area contributed by atoms with Crippen molar-refractivity contribution < 1.29 is 0 Å². The van der Waals surface area contributed by atoms with Crippen molar-refractivity contribution >= 4 is 11.3 Å². The molecule has 0 unspecified atom stereocenters. The smallest absolute Gasteiger partial charge is 0.132 e. The largest absolute Gasteiger partial charge is 0.243 e. The van der Waals surface area contributed by atoms with Gasteiger partial charge in [-0.1, -0.05) is 38.1 Å². The number of nitriles is 1. The molecule has 3 heteroatoms. The van der Waals surface area contributed by atoms with E-state index < -0.39 is 0 Å². The van der Waals surface area contributed by atoms with Gasteiger partial charge in [0.05, 0.1) is 11.2 Å². The van der Waals surface area contributed by atoms with Crippen molar-refractivity contribution in [2.45, 2.75) is 20.3 Å². The van der Waals surface area contributed by atoms with Crippen LogP contribution in [-0.4, -0.2) is 4.98 Å². The summed E-state index contributed by atoms with van der Waals surface area (Å²) in [5, 5.41) is 8.96. The molecular weight excluding hydrogens is 228 g/mol. The van der Waals surface area contributed by atoms with Crippen LogP contribution in [0.4, 0.5) is 0 Å². The first-order chi connectivity index (χ1) is 8.20. The van der Waals surface area contributed by atoms with Gasteiger partial charge in [0, 0.05) is 5.56 Å². The maximum atomic E-state index is 8.96. The Kier molecular flexibility index (Phi) is 3.55. The molecule has 2 rings (SSSR count). The Bertz CT molecular complexity index is 532. The van der Waals surface area contributed by atoms with Gasteiger partial charge in [-0.15, -0.1) is 11.3 Å². The van der Waals surface area contributed by atoms with Crippen molar-refractivity contribution in [1.82, 2.24) is 4.98 Å². The van der Waals surface area contributed by atoms with Gasteiger partial charge in [0.1, 0.15) is 10.9 Å². The molecule has 1 aromatic carbocycles. The predicted molar refractivity (Wildman–Crippen MR) is 70.8 cm³/mol. The van der Waals surface area contributed by atoms with Gasteiger partial charge in [0.2, 0.25) is 0 Å². The summed E-state index contributed by atoms with van der Waals surface area (Å²) >= 11 is 1.39. The third kappa shape index (κ3) is 2.72. The molecule has 0 radical (unpaired) electrons. The molecule has 0 fully saturated rings. The number of benzene rings is 1. The first-order valence-corrected chi connectivity index (χ1v) is 6.51. The van der Waals surface area contributed by atoms with Gasteiger partial charge in [0.15, 0.2) is 0 Å². The van der Waals surface area contributed by atoms with Crippen molar-refractivity contribution in [3.8, 4) is 17.3 Å². The van der Waals surface area contributed by atoms with Crippen LogP contribution < -0.4 is 0 Å². The lowest BCUT2D eigenvalue weighted by molar-refractivity contribution is 0.647. The van der Waals surface area contributed by atoms with Crippen LogP contribution >= 0.6 is 11.3 Å². The molecule has 2 nitrogen and oxygen atoms in total. The summed E-state index contributed by atoms with van der Waals surface area (Å²) in [6, 6.07) is 10.5. The van der Waals surface area contributed by atoms with Gasteiger partial charge in [-0.3, -0.25) is 0 Å². The van der Waals surface area contributed by atoms with Gasteiger partial charge in [-0.2, -0.15) is 5.26 Å². The maximum absolute atomic E-state index is 8.96. The molecule has 17 heavy (non-hydrogen) atoms. The minimum absolute atomic E-state index is 0.662. The molecule has 0 saturated carbocycles. The number of nitrogens with zero attached hydrogens (tertiary/aromatic N) is 2. The highest BCUT2D eigenvalue weighted by Gasteiger charge is 2.08. The van der Waals surface area contributed by atoms with Crippen LogP contribution in [0.15, 0.2) is 29.8 Å². The zero-order valence-corrected chi connectivity index (χ0v) is 10.8. The molecule has 86 valence electrons. The fraction of sp³-hybridized carbons (Fsp3) is 0.286. The third-order valence-corrected chi connectivity index (χ3v) is 3.27. The molecule has 0 aliphatic heterocycles. The SMILES string of the molecule is CC(C)Cc1ccc(-c2ncsc2C#N)cc1. The van der Waals surface area contributed by atoms with Crippen molar-refractivity contribution in [2.75, 3.05) is 0 Å². The van der Waals surface area contributed by atoms with Crippen molar-refractivity contribution in [3.05, 3.63) is 40.2 Å². The lowest BCUT2D eigenvalue weighted by Gasteiger charge is -2.05. The van der Waals surface area contributed by atoms with Crippen LogP contribution in [0, 0.1) is 17.2 Å². The maximum Gasteiger partial charge on any atom is 0.132 e. The first kappa shape index (κ1) is 11.8. The highest BCUT2D eigenvalue weighted by atomic mass is 32.1. The van der Waals surface area contributed by atoms with Crippen LogP contribution in [0.2, 0.25) is 0 Å². The average molecular weight is 242 g/mol. The monoisotopic (exact) mass is 242 g/mol. The second-order valence-electron chi connectivity index (χ2n) is 4.44. The van der Waals surface area contributed by atoms with Gasteiger partial charge in [-0.25, -0.2) is 4.98 Å². The topological polar surface area (TPSA) is 36.7 Å². The van der Waals surface area contributed by atoms with Crippen LogP contribution in [0.1, 0.15) is 24.3 Å². The zero-order chi connectivity index (χ0) is 12.3. The second kappa shape index (κ2) is 5.11. The van der Waals surface area contributed by atoms with E-state index in [1.807, 2.05) is 12.1 Å². The first-order valence-electron chi connectivity index (χ1n) is 5.63. The van der Waals surface area contributed by atoms with E-state index >= 15 is 0 Å². The summed E-state index contributed by atoms with van der Waals surface area (Å²) in [5.41, 5.74) is 4.87. The average Bonchev–Trinajstić information content (AvgIpc) is 2.77. The lowest BCUT2D eigenvalue weighted by Crippen LogP contribution is -1.93. The summed E-state index contributed by atoms with van der Waals surface area (Å²) in [4.78, 5) is 4.93. The van der Waals surface area contributed by atoms with Crippen LogP contribution in [0.3, 0.4) is 0 Å². The number of hydrogen-bond donors (Lipinski definition) is 0. The number of rotatable bonds is 3. The van der Waals surface area contributed by atoms with E-state index in [0.717, 1.165) is 17.7 Å². The molecule has 0 amide bonds. The second-order valence-corrected chi connectivity index (χ2v) is 5.29. The Hall–Kier alpha value is -1.66. The Morgan fingerprint density at radius 3 is 2.59 bits per heavy atom. The summed E-state index contributed by atoms with van der Waals surface area (Å²) in [7, 11) is 0. The van der Waals surface area contributed by atoms with E-state index in [1.165, 1.54) is 16.9 Å². The normalized spacial score (nSPS) is 10.5. The Balaban J connectivity index is 2.27. The molecule has 0 N–H and O–H groups in total. The fourth-order valence-corrected chi connectivity index (χ4v) is 2.40. The molecule has 0 spiro atoms. The van der Waals surface area contributed by atoms with Gasteiger partial charge < -0.3 is 0 Å². The lowest BCUT2D eigenvalue weighted by atomic mass is 10.0. The molecule has 1 heterocycles. The minimum Gasteiger partial charge on any atom is -0.243 e. The van der Waals surface area contributed by atoms with E-state index in [1.54, 1.807) is 5.51 Å². The summed E-state index contributed by atoms with van der Waals surface area (Å²) in [6.45, 7) is 4.42. The quantitative estimate of drug-likeness (QED) is 0.819. The highest BCUT2D eigenvalue weighted by molar-refractivity contribution is 7.10. The molecule has 0 atom stereocenters. The van der Waals surface area contributed by atoms with Crippen LogP contribution in [0.25, 0.3) is 11.3 Å². The van der Waals surface area contributed by atoms with E-state index in [0.29, 0.717) is 10.8 Å². The number of hydrogen-bond acceptors (Lipinski definition) is 3. The van der Waals surface area contributed by atoms with Crippen molar-refractivity contribution in [2.24, 2.45) is 5.92 Å². The van der Waals surface area contributed by atoms with Gasteiger partial charge in [0.25, 0.3) is 0 Å². The molecule has 1 aromatic heterocycles. The summed E-state index contributed by atoms with van der Waals surface area (Å²) in [5.74, 6) is 0.662. The van der Waals surface area contributed by atoms with Crippen molar-refractivity contribution in [1.29, 1.82) is 5.26 Å². The molecule has 0 aliphatic carbocycles. The van der Waals surface area contributed by atoms with E-state index in [9.17, 15) is 0 Å². The van der Waals surface area contributed by atoms with E-state index in [-0.39, 0.29) is 0 Å². The molecule has 0 bridgehead atoms. The molecule has 2 aromatic rings. The molecule has 0 saturated heterocycles. The number of aromatic nitrogens is 1. The van der Waals surface area contributed by atoms with E-state index in [2.05, 4.69) is 37.0 Å². The Morgan fingerprint density at radius 2 is 2.00 bits per heavy atom. The molecule has 0 aliphatic rings. The Labute approximate surface area is 106 Å². The summed E-state index contributed by atoms with van der Waals surface area (Å²) < 4.78 is 0. The third-order valence-electron chi connectivity index (χ3n) is 2.54. The van der Waals surface area contributed by atoms with Gasteiger partial charge in [-0.05, 0) is 17.9 Å². The predicted octanol–water partition coefficient (Wildman–Crippen LogP) is 3.88. The van der Waals surface area contributed by atoms with Gasteiger partial charge >= 0.3 is 0 Å².